The van der Waals surface area contributed by atoms with Crippen LogP contribution in [-0.2, 0) is 11.2 Å². The smallest absolute Gasteiger partial charge is 0.317 e. The van der Waals surface area contributed by atoms with Crippen LogP contribution in [0, 0.1) is 0 Å². The molecule has 7 heteroatoms. The topological polar surface area (TPSA) is 66.9 Å². The van der Waals surface area contributed by atoms with Crippen LogP contribution in [0.5, 0.6) is 5.75 Å². The van der Waals surface area contributed by atoms with Crippen molar-refractivity contribution in [3.05, 3.63) is 65.5 Å². The molecule has 6 rings (SSSR count). The van der Waals surface area contributed by atoms with Gasteiger partial charge in [-0.2, -0.15) is 0 Å². The van der Waals surface area contributed by atoms with E-state index in [4.69, 9.17) is 14.5 Å². The van der Waals surface area contributed by atoms with E-state index in [9.17, 15) is 4.79 Å². The standard InChI is InChI=1S/C31H38N4O3/c36-31(33-26-3-1-2-4-26)35-13-11-24(12-14-35)28-9-10-30-29(28)21-25(22-32-30)23-5-7-27(8-6-23)38-20-17-34-15-18-37-19-16-34/h5-9,11,21-22,26H,1-4,10,12-20H2,(H,33,36). The molecule has 0 bridgehead atoms. The third-order valence-electron chi connectivity index (χ3n) is 8.25. The Hall–Kier alpha value is -3.16. The Morgan fingerprint density at radius 1 is 1.05 bits per heavy atom. The molecule has 1 saturated carbocycles. The molecule has 7 nitrogen and oxygen atoms in total. The van der Waals surface area contributed by atoms with E-state index in [2.05, 4.69) is 40.6 Å². The number of ether oxygens (including phenoxy) is 2. The Bertz CT molecular complexity index is 1190. The second kappa shape index (κ2) is 11.7. The Labute approximate surface area is 225 Å². The number of aromatic nitrogens is 1. The average Bonchev–Trinajstić information content (AvgIpc) is 3.64. The van der Waals surface area contributed by atoms with Crippen molar-refractivity contribution in [3.8, 4) is 16.9 Å². The van der Waals surface area contributed by atoms with E-state index in [1.165, 1.54) is 29.6 Å². The highest BCUT2D eigenvalue weighted by molar-refractivity contribution is 5.86. The fourth-order valence-electron chi connectivity index (χ4n) is 5.95. The van der Waals surface area contributed by atoms with Crippen molar-refractivity contribution < 1.29 is 14.3 Å². The number of carbonyl (C=O) groups is 1. The first kappa shape index (κ1) is 25.1. The average molecular weight is 515 g/mol. The Kier molecular flexibility index (Phi) is 7.74. The molecule has 2 fully saturated rings. The number of morpholine rings is 1. The molecule has 0 radical (unpaired) electrons. The molecule has 200 valence electrons. The third kappa shape index (κ3) is 5.79. The van der Waals surface area contributed by atoms with Gasteiger partial charge in [-0.15, -0.1) is 0 Å². The normalized spacial score (nSPS) is 20.2. The number of amides is 2. The summed E-state index contributed by atoms with van der Waals surface area (Å²) in [6, 6.07) is 11.1. The van der Waals surface area contributed by atoms with Crippen LogP contribution in [-0.4, -0.2) is 79.4 Å². The van der Waals surface area contributed by atoms with Crippen LogP contribution < -0.4 is 10.1 Å². The summed E-state index contributed by atoms with van der Waals surface area (Å²) >= 11 is 0. The summed E-state index contributed by atoms with van der Waals surface area (Å²) in [6.07, 6.45) is 12.9. The molecule has 38 heavy (non-hydrogen) atoms. The van der Waals surface area contributed by atoms with Gasteiger partial charge in [0.1, 0.15) is 12.4 Å². The molecule has 1 aromatic carbocycles. The zero-order chi connectivity index (χ0) is 25.7. The van der Waals surface area contributed by atoms with Crippen molar-refractivity contribution in [2.75, 3.05) is 52.5 Å². The van der Waals surface area contributed by atoms with Gasteiger partial charge in [0.25, 0.3) is 0 Å². The van der Waals surface area contributed by atoms with Crippen LogP contribution in [0.4, 0.5) is 4.79 Å². The summed E-state index contributed by atoms with van der Waals surface area (Å²) in [4.78, 5) is 21.8. The molecule has 1 aromatic heterocycles. The fraction of sp³-hybridized carbons (Fsp3) is 0.484. The van der Waals surface area contributed by atoms with Gasteiger partial charge in [-0.25, -0.2) is 4.79 Å². The first-order valence-corrected chi connectivity index (χ1v) is 14.2. The van der Waals surface area contributed by atoms with Crippen molar-refractivity contribution in [3.63, 3.8) is 0 Å². The molecule has 4 aliphatic rings. The lowest BCUT2D eigenvalue weighted by molar-refractivity contribution is 0.0322. The first-order valence-electron chi connectivity index (χ1n) is 14.2. The summed E-state index contributed by atoms with van der Waals surface area (Å²) in [5.41, 5.74) is 7.23. The third-order valence-corrected chi connectivity index (χ3v) is 8.25. The van der Waals surface area contributed by atoms with E-state index < -0.39 is 0 Å². The number of fused-ring (bicyclic) bond motifs is 1. The fourth-order valence-corrected chi connectivity index (χ4v) is 5.95. The van der Waals surface area contributed by atoms with Gasteiger partial charge in [-0.3, -0.25) is 9.88 Å². The number of benzene rings is 1. The van der Waals surface area contributed by atoms with Gasteiger partial charge in [-0.05, 0) is 54.2 Å². The van der Waals surface area contributed by atoms with Crippen LogP contribution in [0.25, 0.3) is 16.7 Å². The Morgan fingerprint density at radius 3 is 2.63 bits per heavy atom. The summed E-state index contributed by atoms with van der Waals surface area (Å²) in [7, 11) is 0. The number of urea groups is 1. The lowest BCUT2D eigenvalue weighted by Gasteiger charge is -2.28. The van der Waals surface area contributed by atoms with Crippen molar-refractivity contribution in [2.45, 2.75) is 44.6 Å². The lowest BCUT2D eigenvalue weighted by Crippen LogP contribution is -2.45. The molecule has 2 aliphatic heterocycles. The predicted molar refractivity (Wildman–Crippen MR) is 149 cm³/mol. The van der Waals surface area contributed by atoms with Crippen molar-refractivity contribution in [2.24, 2.45) is 0 Å². The van der Waals surface area contributed by atoms with E-state index in [-0.39, 0.29) is 6.03 Å². The van der Waals surface area contributed by atoms with E-state index in [1.54, 1.807) is 0 Å². The number of pyridine rings is 1. The molecule has 0 atom stereocenters. The highest BCUT2D eigenvalue weighted by Crippen LogP contribution is 2.37. The molecule has 2 aliphatic carbocycles. The maximum atomic E-state index is 12.7. The summed E-state index contributed by atoms with van der Waals surface area (Å²) in [5.74, 6) is 0.894. The van der Waals surface area contributed by atoms with E-state index in [1.807, 2.05) is 23.2 Å². The number of hydrogen-bond acceptors (Lipinski definition) is 5. The molecular weight excluding hydrogens is 476 g/mol. The molecule has 3 heterocycles. The zero-order valence-corrected chi connectivity index (χ0v) is 22.2. The van der Waals surface area contributed by atoms with Gasteiger partial charge in [0.05, 0.1) is 18.9 Å². The maximum absolute atomic E-state index is 12.7. The van der Waals surface area contributed by atoms with Crippen LogP contribution in [0.15, 0.2) is 54.3 Å². The number of nitrogens with zero attached hydrogens (tertiary/aromatic N) is 3. The molecule has 0 spiro atoms. The largest absolute Gasteiger partial charge is 0.492 e. The van der Waals surface area contributed by atoms with Crippen LogP contribution >= 0.6 is 0 Å². The van der Waals surface area contributed by atoms with E-state index in [0.717, 1.165) is 87.6 Å². The highest BCUT2D eigenvalue weighted by atomic mass is 16.5. The molecule has 2 amide bonds. The Balaban J connectivity index is 1.07. The van der Waals surface area contributed by atoms with Crippen molar-refractivity contribution >= 4 is 11.6 Å². The molecule has 1 N–H and O–H groups in total. The minimum atomic E-state index is 0.0884. The number of nitrogens with one attached hydrogen (secondary N) is 1. The molecule has 2 aromatic rings. The second-order valence-electron chi connectivity index (χ2n) is 10.7. The van der Waals surface area contributed by atoms with Gasteiger partial charge in [0, 0.05) is 62.5 Å². The first-order chi connectivity index (χ1) is 18.7. The van der Waals surface area contributed by atoms with Gasteiger partial charge in [0.15, 0.2) is 0 Å². The van der Waals surface area contributed by atoms with E-state index in [0.29, 0.717) is 19.2 Å². The number of rotatable bonds is 7. The number of allylic oxidation sites excluding steroid dienone is 2. The number of carbonyl (C=O) groups excluding carboxylic acids is 1. The summed E-state index contributed by atoms with van der Waals surface area (Å²) < 4.78 is 11.4. The maximum Gasteiger partial charge on any atom is 0.317 e. The van der Waals surface area contributed by atoms with Gasteiger partial charge < -0.3 is 19.7 Å². The van der Waals surface area contributed by atoms with Gasteiger partial charge >= 0.3 is 6.03 Å². The van der Waals surface area contributed by atoms with Gasteiger partial charge in [-0.1, -0.05) is 37.1 Å². The molecule has 1 saturated heterocycles. The molecule has 0 unspecified atom stereocenters. The minimum absolute atomic E-state index is 0.0884. The second-order valence-corrected chi connectivity index (χ2v) is 10.7. The van der Waals surface area contributed by atoms with Crippen molar-refractivity contribution in [1.82, 2.24) is 20.1 Å². The highest BCUT2D eigenvalue weighted by Gasteiger charge is 2.25. The number of hydrogen-bond donors (Lipinski definition) is 1. The quantitative estimate of drug-likeness (QED) is 0.581. The Morgan fingerprint density at radius 2 is 1.87 bits per heavy atom. The lowest BCUT2D eigenvalue weighted by atomic mass is 9.94. The summed E-state index contributed by atoms with van der Waals surface area (Å²) in [6.45, 7) is 6.62. The van der Waals surface area contributed by atoms with Crippen molar-refractivity contribution in [1.29, 1.82) is 0 Å². The predicted octanol–water partition coefficient (Wildman–Crippen LogP) is 4.68. The van der Waals surface area contributed by atoms with Crippen LogP contribution in [0.1, 0.15) is 43.4 Å². The van der Waals surface area contributed by atoms with E-state index >= 15 is 0 Å². The summed E-state index contributed by atoms with van der Waals surface area (Å²) in [5, 5.41) is 3.22. The zero-order valence-electron chi connectivity index (χ0n) is 22.2. The molecular formula is C31H38N4O3. The SMILES string of the molecule is O=C(NC1CCCC1)N1CC=C(C2=CCc3ncc(-c4ccc(OCCN5CCOCC5)cc4)cc32)CC1. The monoisotopic (exact) mass is 514 g/mol. The van der Waals surface area contributed by atoms with Crippen LogP contribution in [0.2, 0.25) is 0 Å². The van der Waals surface area contributed by atoms with Gasteiger partial charge in [0.2, 0.25) is 0 Å². The minimum Gasteiger partial charge on any atom is -0.492 e. The van der Waals surface area contributed by atoms with Crippen LogP contribution in [0.3, 0.4) is 0 Å².